The third-order valence-corrected chi connectivity index (χ3v) is 23.3. The van der Waals surface area contributed by atoms with E-state index in [2.05, 4.69) is 121 Å². The van der Waals surface area contributed by atoms with Crippen molar-refractivity contribution in [1.29, 1.82) is 0 Å². The predicted molar refractivity (Wildman–Crippen MR) is 338 cm³/mol. The standard InChI is InChI=1S/C77H80O11/c1-43(40-79)54-27-21-44-18-19-48-36-47(44)23-30-60-58-29-22-45-10-4-6-14-56(45)62(58)39-66(60)76(2)73(87-74(54)82)72(70-67(88-76)33-32-61-63(41-80)69(75(83)86-71(61)70)50(34-35-78)42-84-3)85-68(81)38-51-37-49(24-28-55(48)51)57-15-9-17-65-59(57)31-26-53-13-8-12-52-25-20-46-11-5-7-16-64(46)77(52,53)65/h4-7,9-11,14-20,22,24-25,28-29,32-33,36,49-53,55,58,60,62,66,72-73,78-80H,8,12-13,21,23,26-27,30-31,34-35,37-42H2,1-3H3. The van der Waals surface area contributed by atoms with Crippen LogP contribution in [0.15, 0.2) is 142 Å². The monoisotopic (exact) mass is 1180 g/mol. The molecule has 2 fully saturated rings. The molecule has 15 rings (SSSR count). The van der Waals surface area contributed by atoms with Gasteiger partial charge in [0.1, 0.15) is 11.3 Å². The summed E-state index contributed by atoms with van der Waals surface area (Å²) in [7, 11) is 1.52. The van der Waals surface area contributed by atoms with E-state index in [0.29, 0.717) is 58.9 Å². The normalized spacial score (nSPS) is 31.5. The Bertz CT molecular complexity index is 3970. The van der Waals surface area contributed by atoms with Crippen LogP contribution in [0.2, 0.25) is 0 Å². The minimum Gasteiger partial charge on any atom is -0.483 e. The zero-order chi connectivity index (χ0) is 60.2. The molecule has 11 heteroatoms. The predicted octanol–water partition coefficient (Wildman–Crippen LogP) is 13.5. The van der Waals surface area contributed by atoms with Gasteiger partial charge < -0.3 is 38.7 Å². The number of carbonyl (C=O) groups excluding carboxylic acids is 2. The Morgan fingerprint density at radius 3 is 2.43 bits per heavy atom. The fourth-order valence-corrected chi connectivity index (χ4v) is 19.3. The number of fused-ring (bicyclic) bond motifs is 13. The molecule has 5 bridgehead atoms. The number of aryl methyl sites for hydroxylation is 2. The second-order valence-electron chi connectivity index (χ2n) is 27.3. The number of esters is 2. The number of allylic oxidation sites excluding steroid dienone is 4. The zero-order valence-corrected chi connectivity index (χ0v) is 50.8. The summed E-state index contributed by atoms with van der Waals surface area (Å²) in [4.78, 5) is 46.4. The summed E-state index contributed by atoms with van der Waals surface area (Å²) >= 11 is 0. The minimum atomic E-state index is -1.37. The number of hydrogen-bond acceptors (Lipinski definition) is 11. The van der Waals surface area contributed by atoms with E-state index in [1.54, 1.807) is 13.0 Å². The maximum atomic E-state index is 16.0. The van der Waals surface area contributed by atoms with Gasteiger partial charge in [-0.1, -0.05) is 128 Å². The molecule has 3 aliphatic heterocycles. The molecule has 5 aromatic carbocycles. The Morgan fingerprint density at radius 2 is 1.59 bits per heavy atom. The van der Waals surface area contributed by atoms with E-state index in [0.717, 1.165) is 43.2 Å². The summed E-state index contributed by atoms with van der Waals surface area (Å²) in [6, 6.07) is 35.2. The molecule has 6 aromatic rings. The number of hydrogen-bond donors (Lipinski definition) is 3. The van der Waals surface area contributed by atoms with E-state index in [9.17, 15) is 20.1 Å². The van der Waals surface area contributed by atoms with Gasteiger partial charge in [0, 0.05) is 65.7 Å². The van der Waals surface area contributed by atoms with Crippen molar-refractivity contribution >= 4 is 35.1 Å². The summed E-state index contributed by atoms with van der Waals surface area (Å²) in [6.07, 6.45) is 21.3. The van der Waals surface area contributed by atoms with Gasteiger partial charge >= 0.3 is 17.6 Å². The minimum absolute atomic E-state index is 0.00169. The van der Waals surface area contributed by atoms with Gasteiger partial charge in [-0.05, 0) is 199 Å². The highest BCUT2D eigenvalue weighted by atomic mass is 16.6. The van der Waals surface area contributed by atoms with E-state index < -0.39 is 47.9 Å². The smallest absolute Gasteiger partial charge is 0.340 e. The lowest BCUT2D eigenvalue weighted by Gasteiger charge is -2.55. The second-order valence-corrected chi connectivity index (χ2v) is 27.3. The van der Waals surface area contributed by atoms with Crippen molar-refractivity contribution in [2.75, 3.05) is 26.9 Å². The lowest BCUT2D eigenvalue weighted by Crippen LogP contribution is -2.59. The molecule has 0 amide bonds. The van der Waals surface area contributed by atoms with Crippen LogP contribution in [0.1, 0.15) is 180 Å². The summed E-state index contributed by atoms with van der Waals surface area (Å²) in [5.41, 5.74) is 12.4. The van der Waals surface area contributed by atoms with Crippen molar-refractivity contribution in [2.45, 2.75) is 151 Å². The van der Waals surface area contributed by atoms with Crippen molar-refractivity contribution in [3.05, 3.63) is 215 Å². The van der Waals surface area contributed by atoms with Gasteiger partial charge in [-0.15, -0.1) is 0 Å². The third kappa shape index (κ3) is 9.05. The highest BCUT2D eigenvalue weighted by molar-refractivity contribution is 5.91. The third-order valence-electron chi connectivity index (χ3n) is 23.3. The van der Waals surface area contributed by atoms with E-state index in [1.165, 1.54) is 64.5 Å². The Morgan fingerprint density at radius 1 is 0.773 bits per heavy atom. The Balaban J connectivity index is 0.922. The number of benzene rings is 5. The first kappa shape index (κ1) is 57.3. The number of aliphatic hydroxyl groups excluding tert-OH is 3. The van der Waals surface area contributed by atoms with Crippen LogP contribution in [0.25, 0.3) is 23.1 Å². The SMILES string of the molecule is COCC(CCO)c1c(CO)c2ccc3c(c2oc1=O)C1OC(=O)CC2CC(c4cccc5c4CCC4CCCC6C=Cc7ccccc7C564)C=CC2c2ccc4c(c2)CCC2C5C=Cc6ccccc6C5CC2C(C)(O3)C1OC(=O)C(=C(C)CO)CC4. The van der Waals surface area contributed by atoms with Gasteiger partial charge in [0.15, 0.2) is 17.8 Å². The van der Waals surface area contributed by atoms with E-state index in [4.69, 9.17) is 23.4 Å². The highest BCUT2D eigenvalue weighted by Crippen LogP contribution is 2.63. The molecular formula is C77H80O11. The van der Waals surface area contributed by atoms with Crippen molar-refractivity contribution in [2.24, 2.45) is 35.5 Å². The van der Waals surface area contributed by atoms with Gasteiger partial charge in [-0.25, -0.2) is 9.59 Å². The van der Waals surface area contributed by atoms with Crippen LogP contribution in [0.4, 0.5) is 0 Å². The number of methoxy groups -OCH3 is 1. The topological polar surface area (TPSA) is 162 Å². The Kier molecular flexibility index (Phi) is 14.8. The molecule has 11 nitrogen and oxygen atoms in total. The molecule has 0 saturated heterocycles. The van der Waals surface area contributed by atoms with Crippen LogP contribution < -0.4 is 10.4 Å². The first-order chi connectivity index (χ1) is 42.9. The van der Waals surface area contributed by atoms with Gasteiger partial charge in [-0.3, -0.25) is 4.79 Å². The highest BCUT2D eigenvalue weighted by Gasteiger charge is 2.62. The molecule has 88 heavy (non-hydrogen) atoms. The van der Waals surface area contributed by atoms with Crippen LogP contribution in [-0.4, -0.2) is 65.9 Å². The zero-order valence-electron chi connectivity index (χ0n) is 50.8. The lowest BCUT2D eigenvalue weighted by atomic mass is 9.48. The lowest BCUT2D eigenvalue weighted by molar-refractivity contribution is -0.202. The molecule has 6 aliphatic carbocycles. The van der Waals surface area contributed by atoms with Crippen LogP contribution in [0.3, 0.4) is 0 Å². The number of aliphatic hydroxyl groups is 3. The van der Waals surface area contributed by atoms with Gasteiger partial charge in [0.25, 0.3) is 0 Å². The summed E-state index contributed by atoms with van der Waals surface area (Å²) in [6.45, 7) is 2.72. The van der Waals surface area contributed by atoms with Crippen LogP contribution in [0.5, 0.6) is 5.75 Å². The molecule has 0 radical (unpaired) electrons. The number of rotatable bonds is 8. The second kappa shape index (κ2) is 22.7. The van der Waals surface area contributed by atoms with Gasteiger partial charge in [-0.2, -0.15) is 0 Å². The summed E-state index contributed by atoms with van der Waals surface area (Å²) in [5, 5.41) is 32.8. The van der Waals surface area contributed by atoms with Gasteiger partial charge in [0.2, 0.25) is 0 Å². The quantitative estimate of drug-likeness (QED) is 0.0576. The summed E-state index contributed by atoms with van der Waals surface area (Å²) < 4.78 is 34.0. The average molecular weight is 1180 g/mol. The Labute approximate surface area is 515 Å². The fourth-order valence-electron chi connectivity index (χ4n) is 19.3. The van der Waals surface area contributed by atoms with Crippen LogP contribution in [-0.2, 0) is 55.1 Å². The van der Waals surface area contributed by atoms with E-state index in [-0.39, 0.29) is 103 Å². The Hall–Kier alpha value is -7.15. The molecule has 14 atom stereocenters. The van der Waals surface area contributed by atoms with Gasteiger partial charge in [0.05, 0.1) is 25.4 Å². The number of ether oxygens (including phenoxy) is 4. The largest absolute Gasteiger partial charge is 0.483 e. The molecule has 1 aromatic heterocycles. The molecule has 3 N–H and O–H groups in total. The molecule has 14 unspecified atom stereocenters. The number of carbonyl (C=O) groups is 2. The van der Waals surface area contributed by atoms with Crippen molar-refractivity contribution in [3.63, 3.8) is 0 Å². The molecule has 454 valence electrons. The molecule has 2 saturated carbocycles. The molecule has 4 heterocycles. The maximum absolute atomic E-state index is 16.0. The van der Waals surface area contributed by atoms with Crippen molar-refractivity contribution in [3.8, 4) is 5.75 Å². The first-order valence-corrected chi connectivity index (χ1v) is 32.6. The molecule has 1 spiro atoms. The summed E-state index contributed by atoms with van der Waals surface area (Å²) in [5.74, 6) is -0.886. The molecule has 9 aliphatic rings. The van der Waals surface area contributed by atoms with Crippen molar-refractivity contribution in [1.82, 2.24) is 0 Å². The van der Waals surface area contributed by atoms with E-state index in [1.807, 2.05) is 13.0 Å². The fraction of sp³-hybridized carbons (Fsp3) is 0.442. The first-order valence-electron chi connectivity index (χ1n) is 32.6. The van der Waals surface area contributed by atoms with Crippen LogP contribution >= 0.6 is 0 Å². The average Bonchev–Trinajstić information content (AvgIpc) is 0.861. The van der Waals surface area contributed by atoms with E-state index >= 15 is 9.59 Å². The van der Waals surface area contributed by atoms with Crippen molar-refractivity contribution < 1.29 is 48.3 Å². The maximum Gasteiger partial charge on any atom is 0.340 e. The van der Waals surface area contributed by atoms with Crippen LogP contribution in [0, 0.1) is 35.5 Å². The molecular weight excluding hydrogens is 1100 g/mol.